The first-order chi connectivity index (χ1) is 9.10. The lowest BCUT2D eigenvalue weighted by atomic mass is 10.2. The third kappa shape index (κ3) is 2.87. The minimum absolute atomic E-state index is 0.0756. The number of benzene rings is 2. The van der Waals surface area contributed by atoms with Gasteiger partial charge in [0.25, 0.3) is 0 Å². The van der Waals surface area contributed by atoms with Gasteiger partial charge in [0, 0.05) is 6.07 Å². The van der Waals surface area contributed by atoms with Crippen molar-refractivity contribution in [1.82, 2.24) is 0 Å². The van der Waals surface area contributed by atoms with Gasteiger partial charge in [-0.1, -0.05) is 6.07 Å². The van der Waals surface area contributed by atoms with Crippen molar-refractivity contribution in [3.8, 4) is 17.6 Å². The molecule has 0 heterocycles. The highest BCUT2D eigenvalue weighted by Crippen LogP contribution is 2.24. The van der Waals surface area contributed by atoms with Crippen molar-refractivity contribution in [2.24, 2.45) is 0 Å². The molecule has 1 N–H and O–H groups in total. The van der Waals surface area contributed by atoms with Crippen LogP contribution in [0.4, 0.5) is 4.39 Å². The highest BCUT2D eigenvalue weighted by Gasteiger charge is 2.07. The topological polar surface area (TPSA) is 70.3 Å². The summed E-state index contributed by atoms with van der Waals surface area (Å²) < 4.78 is 18.7. The molecule has 0 aliphatic carbocycles. The van der Waals surface area contributed by atoms with Gasteiger partial charge in [-0.15, -0.1) is 0 Å². The number of aromatic carboxylic acids is 1. The van der Waals surface area contributed by atoms with Crippen molar-refractivity contribution < 1.29 is 19.0 Å². The summed E-state index contributed by atoms with van der Waals surface area (Å²) in [4.78, 5) is 10.8. The van der Waals surface area contributed by atoms with Gasteiger partial charge in [0.05, 0.1) is 11.1 Å². The van der Waals surface area contributed by atoms with Crippen LogP contribution in [0.5, 0.6) is 11.5 Å². The van der Waals surface area contributed by atoms with Gasteiger partial charge in [-0.05, 0) is 30.3 Å². The van der Waals surface area contributed by atoms with Gasteiger partial charge in [0.15, 0.2) is 0 Å². The Hall–Kier alpha value is -2.87. The Morgan fingerprint density at radius 2 is 1.95 bits per heavy atom. The second kappa shape index (κ2) is 5.19. The van der Waals surface area contributed by atoms with Crippen LogP contribution in [0, 0.1) is 17.1 Å². The van der Waals surface area contributed by atoms with Gasteiger partial charge in [-0.2, -0.15) is 5.26 Å². The molecular weight excluding hydrogens is 249 g/mol. The van der Waals surface area contributed by atoms with E-state index >= 15 is 0 Å². The number of halogens is 1. The number of carboxylic acid groups (broad SMARTS) is 1. The molecule has 0 saturated carbocycles. The molecule has 0 amide bonds. The Labute approximate surface area is 108 Å². The molecule has 0 radical (unpaired) electrons. The van der Waals surface area contributed by atoms with E-state index in [4.69, 9.17) is 15.1 Å². The van der Waals surface area contributed by atoms with Crippen LogP contribution in [0.25, 0.3) is 0 Å². The monoisotopic (exact) mass is 257 g/mol. The maximum Gasteiger partial charge on any atom is 0.335 e. The number of rotatable bonds is 3. The highest BCUT2D eigenvalue weighted by molar-refractivity contribution is 5.88. The van der Waals surface area contributed by atoms with Gasteiger partial charge in [0.2, 0.25) is 0 Å². The lowest BCUT2D eigenvalue weighted by molar-refractivity contribution is 0.0696. The zero-order valence-electron chi connectivity index (χ0n) is 9.63. The van der Waals surface area contributed by atoms with Crippen LogP contribution in [-0.4, -0.2) is 11.1 Å². The van der Waals surface area contributed by atoms with Crippen LogP contribution in [-0.2, 0) is 0 Å². The molecular formula is C14H8FNO3. The van der Waals surface area contributed by atoms with Crippen LogP contribution in [0.3, 0.4) is 0 Å². The predicted octanol–water partition coefficient (Wildman–Crippen LogP) is 3.19. The molecule has 0 fully saturated rings. The van der Waals surface area contributed by atoms with Gasteiger partial charge < -0.3 is 9.84 Å². The Morgan fingerprint density at radius 1 is 1.21 bits per heavy atom. The number of hydrogen-bond donors (Lipinski definition) is 1. The van der Waals surface area contributed by atoms with Gasteiger partial charge >= 0.3 is 5.97 Å². The van der Waals surface area contributed by atoms with Crippen molar-refractivity contribution in [2.75, 3.05) is 0 Å². The molecule has 5 heteroatoms. The second-order valence-electron chi connectivity index (χ2n) is 3.69. The molecule has 0 saturated heterocycles. The molecule has 19 heavy (non-hydrogen) atoms. The van der Waals surface area contributed by atoms with Crippen molar-refractivity contribution in [3.63, 3.8) is 0 Å². The van der Waals surface area contributed by atoms with E-state index in [1.54, 1.807) is 12.1 Å². The minimum atomic E-state index is -1.07. The third-order valence-electron chi connectivity index (χ3n) is 2.38. The van der Waals surface area contributed by atoms with E-state index in [2.05, 4.69) is 0 Å². The maximum atomic E-state index is 13.4. The van der Waals surface area contributed by atoms with E-state index in [0.29, 0.717) is 0 Å². The molecule has 94 valence electrons. The van der Waals surface area contributed by atoms with Crippen LogP contribution in [0.1, 0.15) is 15.9 Å². The Balaban J connectivity index is 2.26. The number of ether oxygens (including phenoxy) is 1. The molecule has 0 bridgehead atoms. The normalized spacial score (nSPS) is 9.68. The summed E-state index contributed by atoms with van der Waals surface area (Å²) in [7, 11) is 0. The summed E-state index contributed by atoms with van der Waals surface area (Å²) in [6.45, 7) is 0. The lowest BCUT2D eigenvalue weighted by Crippen LogP contribution is -1.96. The van der Waals surface area contributed by atoms with Crippen molar-refractivity contribution >= 4 is 5.97 Å². The van der Waals surface area contributed by atoms with E-state index in [1.165, 1.54) is 30.3 Å². The minimum Gasteiger partial charge on any atom is -0.478 e. The van der Waals surface area contributed by atoms with E-state index in [-0.39, 0.29) is 22.6 Å². The first-order valence-electron chi connectivity index (χ1n) is 5.31. The maximum absolute atomic E-state index is 13.4. The van der Waals surface area contributed by atoms with Crippen molar-refractivity contribution in [1.29, 1.82) is 5.26 Å². The van der Waals surface area contributed by atoms with Gasteiger partial charge in [0.1, 0.15) is 23.4 Å². The van der Waals surface area contributed by atoms with E-state index in [0.717, 1.165) is 6.07 Å². The molecule has 0 aliphatic heterocycles. The summed E-state index contributed by atoms with van der Waals surface area (Å²) in [6, 6.07) is 11.4. The molecule has 0 unspecified atom stereocenters. The molecule has 2 aromatic rings. The Bertz CT molecular complexity index is 677. The quantitative estimate of drug-likeness (QED) is 0.916. The standard InChI is InChI=1S/C14H8FNO3/c15-13-7-12(5-4-10(13)8-16)19-11-3-1-2-9(6-11)14(17)18/h1-7H,(H,17,18). The summed E-state index contributed by atoms with van der Waals surface area (Å²) in [5.41, 5.74) is -0.00162. The average molecular weight is 257 g/mol. The van der Waals surface area contributed by atoms with E-state index in [9.17, 15) is 9.18 Å². The molecule has 0 spiro atoms. The zero-order chi connectivity index (χ0) is 13.8. The highest BCUT2D eigenvalue weighted by atomic mass is 19.1. The number of hydrogen-bond acceptors (Lipinski definition) is 3. The van der Waals surface area contributed by atoms with Crippen LogP contribution in [0.15, 0.2) is 42.5 Å². The lowest BCUT2D eigenvalue weighted by Gasteiger charge is -2.06. The SMILES string of the molecule is N#Cc1ccc(Oc2cccc(C(=O)O)c2)cc1F. The number of nitrogens with zero attached hydrogens (tertiary/aromatic N) is 1. The number of nitriles is 1. The first kappa shape index (κ1) is 12.6. The summed E-state index contributed by atoms with van der Waals surface area (Å²) in [6.07, 6.45) is 0. The predicted molar refractivity (Wildman–Crippen MR) is 64.6 cm³/mol. The van der Waals surface area contributed by atoms with Crippen LogP contribution < -0.4 is 4.74 Å². The molecule has 4 nitrogen and oxygen atoms in total. The van der Waals surface area contributed by atoms with Crippen LogP contribution >= 0.6 is 0 Å². The third-order valence-corrected chi connectivity index (χ3v) is 2.38. The Morgan fingerprint density at radius 3 is 2.58 bits per heavy atom. The number of carbonyl (C=O) groups is 1. The van der Waals surface area contributed by atoms with Gasteiger partial charge in [-0.25, -0.2) is 9.18 Å². The van der Waals surface area contributed by atoms with E-state index < -0.39 is 11.8 Å². The fourth-order valence-electron chi connectivity index (χ4n) is 1.48. The van der Waals surface area contributed by atoms with Gasteiger partial charge in [-0.3, -0.25) is 0 Å². The molecule has 2 rings (SSSR count). The summed E-state index contributed by atoms with van der Waals surface area (Å²) in [5, 5.41) is 17.4. The fourth-order valence-corrected chi connectivity index (χ4v) is 1.48. The largest absolute Gasteiger partial charge is 0.478 e. The molecule has 2 aromatic carbocycles. The first-order valence-corrected chi connectivity index (χ1v) is 5.31. The second-order valence-corrected chi connectivity index (χ2v) is 3.69. The van der Waals surface area contributed by atoms with Crippen molar-refractivity contribution in [3.05, 3.63) is 59.4 Å². The zero-order valence-corrected chi connectivity index (χ0v) is 9.63. The smallest absolute Gasteiger partial charge is 0.335 e. The van der Waals surface area contributed by atoms with Crippen molar-refractivity contribution in [2.45, 2.75) is 0 Å². The molecule has 0 aliphatic rings. The molecule has 0 aromatic heterocycles. The molecule has 0 atom stereocenters. The van der Waals surface area contributed by atoms with Crippen LogP contribution in [0.2, 0.25) is 0 Å². The summed E-state index contributed by atoms with van der Waals surface area (Å²) >= 11 is 0. The number of carboxylic acids is 1. The summed E-state index contributed by atoms with van der Waals surface area (Å²) in [5.74, 6) is -1.28. The average Bonchev–Trinajstić information content (AvgIpc) is 2.39. The van der Waals surface area contributed by atoms with E-state index in [1.807, 2.05) is 0 Å². The Kier molecular flexibility index (Phi) is 3.44. The fraction of sp³-hybridized carbons (Fsp3) is 0.